The largest absolute Gasteiger partial charge is 0.490 e. The van der Waals surface area contributed by atoms with E-state index in [1.165, 1.54) is 6.20 Å². The summed E-state index contributed by atoms with van der Waals surface area (Å²) in [6.07, 6.45) is 1.51. The molecule has 17 heavy (non-hydrogen) atoms. The molecule has 0 unspecified atom stereocenters. The van der Waals surface area contributed by atoms with Crippen molar-refractivity contribution in [3.8, 4) is 17.1 Å². The molecule has 1 aromatic heterocycles. The topological polar surface area (TPSA) is 64.5 Å². The highest BCUT2D eigenvalue weighted by Crippen LogP contribution is 2.36. The van der Waals surface area contributed by atoms with Crippen molar-refractivity contribution in [3.63, 3.8) is 0 Å². The molecule has 1 aromatic carbocycles. The van der Waals surface area contributed by atoms with E-state index in [9.17, 15) is 0 Å². The maximum Gasteiger partial charge on any atom is 0.189 e. The first kappa shape index (κ1) is 10.0. The zero-order valence-corrected chi connectivity index (χ0v) is 9.51. The number of rotatable bonds is 1. The van der Waals surface area contributed by atoms with Crippen LogP contribution in [0.3, 0.4) is 0 Å². The summed E-state index contributed by atoms with van der Waals surface area (Å²) >= 11 is 0. The van der Waals surface area contributed by atoms with Gasteiger partial charge in [0.15, 0.2) is 5.76 Å². The van der Waals surface area contributed by atoms with E-state index in [0.717, 1.165) is 23.5 Å². The molecular formula is C12H13N3O2. The predicted octanol–water partition coefficient (Wildman–Crippen LogP) is 1.75. The minimum Gasteiger partial charge on any atom is -0.490 e. The fourth-order valence-corrected chi connectivity index (χ4v) is 1.96. The molecule has 1 aliphatic heterocycles. The van der Waals surface area contributed by atoms with Crippen molar-refractivity contribution in [2.45, 2.75) is 0 Å². The number of fused-ring (bicyclic) bond motifs is 1. The number of hydrogen-bond acceptors (Lipinski definition) is 5. The van der Waals surface area contributed by atoms with Crippen molar-refractivity contribution in [3.05, 3.63) is 24.4 Å². The van der Waals surface area contributed by atoms with Crippen LogP contribution in [0.15, 0.2) is 28.9 Å². The van der Waals surface area contributed by atoms with E-state index in [4.69, 9.17) is 15.0 Å². The SMILES string of the molecule is CN1CCOc2ccc(-c3oncc3N)cc21. The molecule has 0 spiro atoms. The van der Waals surface area contributed by atoms with Crippen molar-refractivity contribution in [2.75, 3.05) is 30.8 Å². The lowest BCUT2D eigenvalue weighted by molar-refractivity contribution is 0.311. The second kappa shape index (κ2) is 3.69. The average molecular weight is 231 g/mol. The number of hydrogen-bond donors (Lipinski definition) is 1. The van der Waals surface area contributed by atoms with Crippen LogP contribution in [-0.4, -0.2) is 25.4 Å². The number of nitrogens with zero attached hydrogens (tertiary/aromatic N) is 2. The van der Waals surface area contributed by atoms with Crippen LogP contribution in [0, 0.1) is 0 Å². The van der Waals surface area contributed by atoms with Gasteiger partial charge in [0.25, 0.3) is 0 Å². The number of ether oxygens (including phenoxy) is 1. The number of anilines is 2. The van der Waals surface area contributed by atoms with Gasteiger partial charge >= 0.3 is 0 Å². The lowest BCUT2D eigenvalue weighted by atomic mass is 10.1. The molecule has 2 aromatic rings. The Labute approximate surface area is 98.8 Å². The highest BCUT2D eigenvalue weighted by molar-refractivity contribution is 5.76. The average Bonchev–Trinajstić information content (AvgIpc) is 2.76. The number of benzene rings is 1. The number of nitrogen functional groups attached to an aromatic ring is 1. The smallest absolute Gasteiger partial charge is 0.189 e. The molecule has 1 aliphatic rings. The molecule has 2 N–H and O–H groups in total. The number of likely N-dealkylation sites (N-methyl/N-ethyl adjacent to an activating group) is 1. The lowest BCUT2D eigenvalue weighted by Gasteiger charge is -2.27. The van der Waals surface area contributed by atoms with Gasteiger partial charge in [-0.05, 0) is 18.2 Å². The van der Waals surface area contributed by atoms with Gasteiger partial charge in [-0.1, -0.05) is 5.16 Å². The normalized spacial score (nSPS) is 14.3. The van der Waals surface area contributed by atoms with Crippen molar-refractivity contribution >= 4 is 11.4 Å². The Bertz CT molecular complexity index is 550. The Hall–Kier alpha value is -2.17. The standard InChI is InChI=1S/C12H13N3O2/c1-15-4-5-16-11-3-2-8(6-10(11)15)12-9(13)7-14-17-12/h2-3,6-7H,4-5,13H2,1H3. The van der Waals surface area contributed by atoms with E-state index in [0.29, 0.717) is 18.1 Å². The van der Waals surface area contributed by atoms with Gasteiger partial charge in [0.2, 0.25) is 0 Å². The molecular weight excluding hydrogens is 218 g/mol. The van der Waals surface area contributed by atoms with E-state index >= 15 is 0 Å². The summed E-state index contributed by atoms with van der Waals surface area (Å²) in [4.78, 5) is 2.15. The Balaban J connectivity index is 2.09. The minimum atomic E-state index is 0.546. The zero-order valence-electron chi connectivity index (χ0n) is 9.51. The van der Waals surface area contributed by atoms with Crippen molar-refractivity contribution in [1.82, 2.24) is 5.16 Å². The maximum absolute atomic E-state index is 5.78. The van der Waals surface area contributed by atoms with Crippen LogP contribution in [0.25, 0.3) is 11.3 Å². The molecule has 5 heteroatoms. The van der Waals surface area contributed by atoms with Crippen molar-refractivity contribution in [2.24, 2.45) is 0 Å². The summed E-state index contributed by atoms with van der Waals surface area (Å²) in [6.45, 7) is 1.59. The van der Waals surface area contributed by atoms with Crippen LogP contribution in [0.1, 0.15) is 0 Å². The van der Waals surface area contributed by atoms with Crippen LogP contribution in [0.5, 0.6) is 5.75 Å². The Morgan fingerprint density at radius 3 is 3.06 bits per heavy atom. The van der Waals surface area contributed by atoms with Gasteiger partial charge < -0.3 is 19.9 Å². The molecule has 0 radical (unpaired) electrons. The zero-order chi connectivity index (χ0) is 11.8. The molecule has 0 saturated carbocycles. The van der Waals surface area contributed by atoms with Crippen LogP contribution in [-0.2, 0) is 0 Å². The second-order valence-electron chi connectivity index (χ2n) is 4.06. The first-order chi connectivity index (χ1) is 8.25. The first-order valence-electron chi connectivity index (χ1n) is 5.44. The van der Waals surface area contributed by atoms with Gasteiger partial charge in [-0.2, -0.15) is 0 Å². The van der Waals surface area contributed by atoms with Gasteiger partial charge in [0.05, 0.1) is 18.4 Å². The van der Waals surface area contributed by atoms with Crippen LogP contribution in [0.2, 0.25) is 0 Å². The molecule has 3 rings (SSSR count). The third kappa shape index (κ3) is 1.60. The van der Waals surface area contributed by atoms with E-state index in [1.807, 2.05) is 25.2 Å². The molecule has 0 bridgehead atoms. The summed E-state index contributed by atoms with van der Waals surface area (Å²) in [5, 5.41) is 3.68. The summed E-state index contributed by atoms with van der Waals surface area (Å²) in [5.41, 5.74) is 8.29. The molecule has 0 saturated heterocycles. The third-order valence-corrected chi connectivity index (χ3v) is 2.91. The summed E-state index contributed by atoms with van der Waals surface area (Å²) < 4.78 is 10.7. The summed E-state index contributed by atoms with van der Waals surface area (Å²) in [6, 6.07) is 5.86. The molecule has 88 valence electrons. The highest BCUT2D eigenvalue weighted by atomic mass is 16.5. The summed E-state index contributed by atoms with van der Waals surface area (Å²) in [7, 11) is 2.04. The highest BCUT2D eigenvalue weighted by Gasteiger charge is 2.17. The monoisotopic (exact) mass is 231 g/mol. The fraction of sp³-hybridized carbons (Fsp3) is 0.250. The van der Waals surface area contributed by atoms with Crippen molar-refractivity contribution in [1.29, 1.82) is 0 Å². The van der Waals surface area contributed by atoms with E-state index < -0.39 is 0 Å². The number of nitrogens with two attached hydrogens (primary N) is 1. The lowest BCUT2D eigenvalue weighted by Crippen LogP contribution is -2.28. The molecule has 0 fully saturated rings. The molecule has 2 heterocycles. The third-order valence-electron chi connectivity index (χ3n) is 2.91. The van der Waals surface area contributed by atoms with Gasteiger partial charge in [-0.3, -0.25) is 0 Å². The molecule has 5 nitrogen and oxygen atoms in total. The predicted molar refractivity (Wildman–Crippen MR) is 65.1 cm³/mol. The number of aromatic nitrogens is 1. The van der Waals surface area contributed by atoms with Crippen molar-refractivity contribution < 1.29 is 9.26 Å². The maximum atomic E-state index is 5.78. The van der Waals surface area contributed by atoms with E-state index in [-0.39, 0.29) is 0 Å². The van der Waals surface area contributed by atoms with Crippen LogP contribution >= 0.6 is 0 Å². The quantitative estimate of drug-likeness (QED) is 0.810. The van der Waals surface area contributed by atoms with E-state index in [2.05, 4.69) is 10.1 Å². The molecule has 0 aliphatic carbocycles. The van der Waals surface area contributed by atoms with Crippen LogP contribution in [0.4, 0.5) is 11.4 Å². The fourth-order valence-electron chi connectivity index (χ4n) is 1.96. The van der Waals surface area contributed by atoms with Crippen LogP contribution < -0.4 is 15.4 Å². The van der Waals surface area contributed by atoms with E-state index in [1.54, 1.807) is 0 Å². The Morgan fingerprint density at radius 2 is 2.29 bits per heavy atom. The second-order valence-corrected chi connectivity index (χ2v) is 4.06. The Morgan fingerprint density at radius 1 is 1.41 bits per heavy atom. The first-order valence-corrected chi connectivity index (χ1v) is 5.44. The van der Waals surface area contributed by atoms with Gasteiger partial charge in [0, 0.05) is 12.6 Å². The summed E-state index contributed by atoms with van der Waals surface area (Å²) in [5.74, 6) is 1.49. The molecule has 0 atom stereocenters. The minimum absolute atomic E-state index is 0.546. The van der Waals surface area contributed by atoms with Gasteiger partial charge in [0.1, 0.15) is 18.0 Å². The molecule has 0 amide bonds. The van der Waals surface area contributed by atoms with Gasteiger partial charge in [-0.25, -0.2) is 0 Å². The van der Waals surface area contributed by atoms with Gasteiger partial charge in [-0.15, -0.1) is 0 Å². The Kier molecular flexibility index (Phi) is 2.18.